The molecule has 0 heterocycles. The molecule has 10 heteroatoms. The SMILES string of the molecule is Cc1ccc(S(=O)(=O)NC(=O)C(CCCCCNC(=O)C2CCC(CNC(=O)OC(C)(C)C)CC2)c2ccc3ccccc3c2)cc1. The predicted octanol–water partition coefficient (Wildman–Crippen LogP) is 6.74. The summed E-state index contributed by atoms with van der Waals surface area (Å²) in [7, 11) is -4.02. The van der Waals surface area contributed by atoms with Gasteiger partial charge in [0.15, 0.2) is 0 Å². The molecular formula is C37H49N3O6S. The Balaban J connectivity index is 1.24. The average Bonchev–Trinajstić information content (AvgIpc) is 3.02. The molecule has 3 amide bonds. The summed E-state index contributed by atoms with van der Waals surface area (Å²) in [6.07, 6.45) is 5.65. The molecule has 4 rings (SSSR count). The molecule has 0 bridgehead atoms. The molecule has 1 aliphatic rings. The number of amides is 3. The van der Waals surface area contributed by atoms with Crippen LogP contribution in [-0.4, -0.2) is 45.0 Å². The van der Waals surface area contributed by atoms with Crippen molar-refractivity contribution >= 4 is 38.7 Å². The molecule has 0 radical (unpaired) electrons. The summed E-state index contributed by atoms with van der Waals surface area (Å²) in [5, 5.41) is 7.95. The molecule has 1 aliphatic carbocycles. The Labute approximate surface area is 279 Å². The molecule has 1 fully saturated rings. The molecule has 1 atom stereocenters. The second-order valence-electron chi connectivity index (χ2n) is 13.7. The fraction of sp³-hybridized carbons (Fsp3) is 0.486. The van der Waals surface area contributed by atoms with Crippen LogP contribution in [0.5, 0.6) is 0 Å². The molecule has 1 saturated carbocycles. The monoisotopic (exact) mass is 663 g/mol. The Bertz CT molecular complexity index is 1620. The summed E-state index contributed by atoms with van der Waals surface area (Å²) in [4.78, 5) is 38.3. The van der Waals surface area contributed by atoms with Gasteiger partial charge in [-0.1, -0.05) is 73.0 Å². The number of ether oxygens (including phenoxy) is 1. The molecule has 3 aromatic rings. The highest BCUT2D eigenvalue weighted by atomic mass is 32.2. The number of carbonyl (C=O) groups is 3. The average molecular weight is 664 g/mol. The van der Waals surface area contributed by atoms with Crippen molar-refractivity contribution in [3.63, 3.8) is 0 Å². The van der Waals surface area contributed by atoms with Crippen LogP contribution in [0.3, 0.4) is 0 Å². The molecule has 3 N–H and O–H groups in total. The van der Waals surface area contributed by atoms with Crippen molar-refractivity contribution in [2.75, 3.05) is 13.1 Å². The van der Waals surface area contributed by atoms with E-state index in [2.05, 4.69) is 15.4 Å². The van der Waals surface area contributed by atoms with Crippen LogP contribution in [0.1, 0.15) is 89.2 Å². The number of fused-ring (bicyclic) bond motifs is 1. The topological polar surface area (TPSA) is 131 Å². The first-order valence-electron chi connectivity index (χ1n) is 16.7. The second kappa shape index (κ2) is 16.3. The third-order valence-corrected chi connectivity index (χ3v) is 10.0. The zero-order valence-electron chi connectivity index (χ0n) is 28.0. The summed E-state index contributed by atoms with van der Waals surface area (Å²) in [5.74, 6) is -0.811. The lowest BCUT2D eigenvalue weighted by atomic mass is 9.81. The number of alkyl carbamates (subject to hydrolysis) is 1. The highest BCUT2D eigenvalue weighted by Crippen LogP contribution is 2.29. The molecule has 0 spiro atoms. The molecule has 47 heavy (non-hydrogen) atoms. The zero-order valence-corrected chi connectivity index (χ0v) is 28.8. The number of benzene rings is 3. The number of sulfonamides is 1. The van der Waals surface area contributed by atoms with E-state index in [-0.39, 0.29) is 16.7 Å². The van der Waals surface area contributed by atoms with Gasteiger partial charge in [0.25, 0.3) is 10.0 Å². The minimum atomic E-state index is -4.02. The third kappa shape index (κ3) is 11.1. The molecule has 9 nitrogen and oxygen atoms in total. The standard InChI is InChI=1S/C37H49N3O6S/c1-26-13-21-32(22-14-26)47(44,45)40-35(42)33(31-20-19-28-10-7-8-11-30(28)24-31)12-6-5-9-23-38-34(41)29-17-15-27(16-18-29)25-39-36(43)46-37(2,3)4/h7-8,10-11,13-14,19-22,24,27,29,33H,5-6,9,12,15-18,23,25H2,1-4H3,(H,38,41)(H,39,43)(H,40,42). The van der Waals surface area contributed by atoms with Gasteiger partial charge >= 0.3 is 6.09 Å². The van der Waals surface area contributed by atoms with Crippen molar-refractivity contribution in [2.45, 2.75) is 95.5 Å². The van der Waals surface area contributed by atoms with Crippen LogP contribution in [0.2, 0.25) is 0 Å². The van der Waals surface area contributed by atoms with Gasteiger partial charge in [-0.3, -0.25) is 9.59 Å². The van der Waals surface area contributed by atoms with Gasteiger partial charge in [0, 0.05) is 19.0 Å². The number of hydrogen-bond donors (Lipinski definition) is 3. The van der Waals surface area contributed by atoms with E-state index in [9.17, 15) is 22.8 Å². The Hall–Kier alpha value is -3.92. The number of aryl methyl sites for hydroxylation is 1. The lowest BCUT2D eigenvalue weighted by molar-refractivity contribution is -0.126. The number of rotatable bonds is 13. The molecule has 0 aromatic heterocycles. The minimum absolute atomic E-state index is 0.0239. The molecule has 1 unspecified atom stereocenters. The van der Waals surface area contributed by atoms with E-state index >= 15 is 0 Å². The summed E-state index contributed by atoms with van der Waals surface area (Å²) < 4.78 is 33.7. The van der Waals surface area contributed by atoms with E-state index in [0.29, 0.717) is 31.8 Å². The van der Waals surface area contributed by atoms with Gasteiger partial charge < -0.3 is 15.4 Å². The van der Waals surface area contributed by atoms with Crippen molar-refractivity contribution in [2.24, 2.45) is 11.8 Å². The Kier molecular flexibility index (Phi) is 12.4. The summed E-state index contributed by atoms with van der Waals surface area (Å²) in [6, 6.07) is 20.1. The number of carbonyl (C=O) groups excluding carboxylic acids is 3. The highest BCUT2D eigenvalue weighted by molar-refractivity contribution is 7.90. The van der Waals surface area contributed by atoms with Gasteiger partial charge in [-0.25, -0.2) is 17.9 Å². The molecule has 0 aliphatic heterocycles. The number of hydrogen-bond acceptors (Lipinski definition) is 6. The van der Waals surface area contributed by atoms with E-state index < -0.39 is 33.5 Å². The quantitative estimate of drug-likeness (QED) is 0.174. The zero-order chi connectivity index (χ0) is 34.0. The normalized spacial score (nSPS) is 17.4. The van der Waals surface area contributed by atoms with Crippen LogP contribution >= 0.6 is 0 Å². The maximum absolute atomic E-state index is 13.5. The summed E-state index contributed by atoms with van der Waals surface area (Å²) >= 11 is 0. The van der Waals surface area contributed by atoms with Gasteiger partial charge in [-0.2, -0.15) is 0 Å². The fourth-order valence-corrected chi connectivity index (χ4v) is 7.05. The first-order chi connectivity index (χ1) is 22.3. The van der Waals surface area contributed by atoms with Crippen molar-refractivity contribution in [3.8, 4) is 0 Å². The molecule has 0 saturated heterocycles. The summed E-state index contributed by atoms with van der Waals surface area (Å²) in [6.45, 7) is 8.48. The van der Waals surface area contributed by atoms with E-state index in [0.717, 1.165) is 60.4 Å². The lowest BCUT2D eigenvalue weighted by Crippen LogP contribution is -2.38. The maximum Gasteiger partial charge on any atom is 0.407 e. The van der Waals surface area contributed by atoms with Gasteiger partial charge in [-0.05, 0) is 101 Å². The smallest absolute Gasteiger partial charge is 0.407 e. The van der Waals surface area contributed by atoms with E-state index in [1.54, 1.807) is 12.1 Å². The molecular weight excluding hydrogens is 614 g/mol. The molecule has 3 aromatic carbocycles. The van der Waals surface area contributed by atoms with E-state index in [1.165, 1.54) is 12.1 Å². The minimum Gasteiger partial charge on any atom is -0.444 e. The second-order valence-corrected chi connectivity index (χ2v) is 15.4. The van der Waals surface area contributed by atoms with Crippen LogP contribution in [0, 0.1) is 18.8 Å². The van der Waals surface area contributed by atoms with Gasteiger partial charge in [0.2, 0.25) is 11.8 Å². The summed E-state index contributed by atoms with van der Waals surface area (Å²) in [5.41, 5.74) is 1.17. The first kappa shape index (κ1) is 35.9. The van der Waals surface area contributed by atoms with Crippen LogP contribution in [-0.2, 0) is 24.3 Å². The van der Waals surface area contributed by atoms with Crippen LogP contribution in [0.4, 0.5) is 4.79 Å². The number of nitrogens with one attached hydrogen (secondary N) is 3. The van der Waals surface area contributed by atoms with Crippen LogP contribution in [0.15, 0.2) is 71.6 Å². The Morgan fingerprint density at radius 1 is 0.851 bits per heavy atom. The van der Waals surface area contributed by atoms with E-state index in [1.807, 2.05) is 70.2 Å². The lowest BCUT2D eigenvalue weighted by Gasteiger charge is -2.28. The Morgan fingerprint density at radius 2 is 1.53 bits per heavy atom. The molecule has 254 valence electrons. The van der Waals surface area contributed by atoms with Crippen molar-refractivity contribution in [1.29, 1.82) is 0 Å². The van der Waals surface area contributed by atoms with Crippen molar-refractivity contribution in [1.82, 2.24) is 15.4 Å². The largest absolute Gasteiger partial charge is 0.444 e. The van der Waals surface area contributed by atoms with Crippen LogP contribution < -0.4 is 15.4 Å². The predicted molar refractivity (Wildman–Crippen MR) is 184 cm³/mol. The van der Waals surface area contributed by atoms with Gasteiger partial charge in [-0.15, -0.1) is 0 Å². The maximum atomic E-state index is 13.5. The third-order valence-electron chi connectivity index (χ3n) is 8.68. The first-order valence-corrected chi connectivity index (χ1v) is 18.2. The van der Waals surface area contributed by atoms with Crippen molar-refractivity contribution < 1.29 is 27.5 Å². The van der Waals surface area contributed by atoms with E-state index in [4.69, 9.17) is 4.74 Å². The highest BCUT2D eigenvalue weighted by Gasteiger charge is 2.28. The fourth-order valence-electron chi connectivity index (χ4n) is 6.03. The van der Waals surface area contributed by atoms with Crippen molar-refractivity contribution in [3.05, 3.63) is 77.9 Å². The van der Waals surface area contributed by atoms with Gasteiger partial charge in [0.1, 0.15) is 5.60 Å². The number of unbranched alkanes of at least 4 members (excludes halogenated alkanes) is 2. The van der Waals surface area contributed by atoms with Crippen LogP contribution in [0.25, 0.3) is 10.8 Å². The van der Waals surface area contributed by atoms with Gasteiger partial charge in [0.05, 0.1) is 10.8 Å². The Morgan fingerprint density at radius 3 is 2.21 bits per heavy atom.